The minimum Gasteiger partial charge on any atom is -0.494 e. The molecule has 0 N–H and O–H groups in total. The number of carbonyl (C=O) groups excluding carboxylic acids is 3. The van der Waals surface area contributed by atoms with Gasteiger partial charge in [-0.15, -0.1) is 0 Å². The lowest BCUT2D eigenvalue weighted by Gasteiger charge is -2.22. The van der Waals surface area contributed by atoms with Crippen LogP contribution in [0, 0.1) is 0 Å². The Morgan fingerprint density at radius 2 is 1.86 bits per heavy atom. The van der Waals surface area contributed by atoms with Crippen molar-refractivity contribution in [1.82, 2.24) is 0 Å². The Bertz CT molecular complexity index is 892. The van der Waals surface area contributed by atoms with Crippen molar-refractivity contribution >= 4 is 23.3 Å². The van der Waals surface area contributed by atoms with Crippen molar-refractivity contribution in [3.8, 4) is 11.5 Å². The molecule has 0 saturated heterocycles. The van der Waals surface area contributed by atoms with Crippen LogP contribution in [0.25, 0.3) is 0 Å². The summed E-state index contributed by atoms with van der Waals surface area (Å²) < 4.78 is 16.2. The monoisotopic (exact) mass is 397 g/mol. The van der Waals surface area contributed by atoms with Crippen LogP contribution in [0.2, 0.25) is 0 Å². The van der Waals surface area contributed by atoms with E-state index >= 15 is 0 Å². The van der Waals surface area contributed by atoms with Crippen molar-refractivity contribution in [2.24, 2.45) is 0 Å². The number of benzene rings is 2. The summed E-state index contributed by atoms with van der Waals surface area (Å²) in [5.74, 6) is -0.0366. The van der Waals surface area contributed by atoms with Gasteiger partial charge in [0.2, 0.25) is 11.7 Å². The summed E-state index contributed by atoms with van der Waals surface area (Å²) in [4.78, 5) is 38.7. The van der Waals surface area contributed by atoms with Gasteiger partial charge in [-0.05, 0) is 50.2 Å². The van der Waals surface area contributed by atoms with E-state index in [0.29, 0.717) is 29.4 Å². The van der Waals surface area contributed by atoms with E-state index in [1.54, 1.807) is 48.5 Å². The summed E-state index contributed by atoms with van der Waals surface area (Å²) in [5, 5.41) is 0. The number of nitrogens with zero attached hydrogens (tertiary/aromatic N) is 1. The Kier molecular flexibility index (Phi) is 6.49. The van der Waals surface area contributed by atoms with Crippen molar-refractivity contribution in [2.75, 3.05) is 24.7 Å². The van der Waals surface area contributed by atoms with E-state index in [4.69, 9.17) is 14.2 Å². The summed E-state index contributed by atoms with van der Waals surface area (Å²) in [6.45, 7) is 3.87. The van der Waals surface area contributed by atoms with Gasteiger partial charge in [0.1, 0.15) is 18.0 Å². The van der Waals surface area contributed by atoms with Crippen LogP contribution >= 0.6 is 0 Å². The predicted octanol–water partition coefficient (Wildman–Crippen LogP) is 3.02. The van der Waals surface area contributed by atoms with E-state index in [9.17, 15) is 14.4 Å². The van der Waals surface area contributed by atoms with Crippen LogP contribution in [0.1, 0.15) is 30.6 Å². The number of amides is 1. The molecular weight excluding hydrogens is 374 g/mol. The van der Waals surface area contributed by atoms with E-state index in [0.717, 1.165) is 0 Å². The molecule has 7 nitrogen and oxygen atoms in total. The summed E-state index contributed by atoms with van der Waals surface area (Å²) in [7, 11) is 0. The first-order chi connectivity index (χ1) is 14.0. The number of hydrogen-bond acceptors (Lipinski definition) is 6. The SMILES string of the molecule is CCOc1ccc(C(=O)[C@H](C)OC(=O)CN2C(=O)CCOc3ccccc32)cc1. The first-order valence-electron chi connectivity index (χ1n) is 9.48. The van der Waals surface area contributed by atoms with Crippen LogP contribution in [-0.4, -0.2) is 43.5 Å². The lowest BCUT2D eigenvalue weighted by atomic mass is 10.1. The molecule has 2 aromatic carbocycles. The normalized spacial score (nSPS) is 14.3. The van der Waals surface area contributed by atoms with Crippen LogP contribution in [-0.2, 0) is 14.3 Å². The number of fused-ring (bicyclic) bond motifs is 1. The molecule has 0 aliphatic carbocycles. The summed E-state index contributed by atoms with van der Waals surface area (Å²) >= 11 is 0. The van der Waals surface area contributed by atoms with E-state index in [2.05, 4.69) is 0 Å². The zero-order valence-corrected chi connectivity index (χ0v) is 16.4. The second-order valence-corrected chi connectivity index (χ2v) is 6.50. The Balaban J connectivity index is 1.65. The van der Waals surface area contributed by atoms with Gasteiger partial charge in [0.05, 0.1) is 25.3 Å². The Labute approximate surface area is 169 Å². The number of ether oxygens (including phenoxy) is 3. The van der Waals surface area contributed by atoms with Gasteiger partial charge in [0.25, 0.3) is 0 Å². The highest BCUT2D eigenvalue weighted by molar-refractivity contribution is 6.02. The molecule has 1 atom stereocenters. The minimum atomic E-state index is -0.978. The number of esters is 1. The van der Waals surface area contributed by atoms with Crippen LogP contribution in [0.15, 0.2) is 48.5 Å². The predicted molar refractivity (Wildman–Crippen MR) is 106 cm³/mol. The average molecular weight is 397 g/mol. The number of anilines is 1. The molecule has 1 amide bonds. The fraction of sp³-hybridized carbons (Fsp3) is 0.318. The summed E-state index contributed by atoms with van der Waals surface area (Å²) in [5.41, 5.74) is 0.927. The van der Waals surface area contributed by atoms with E-state index in [1.165, 1.54) is 11.8 Å². The molecule has 3 rings (SSSR count). The molecule has 0 bridgehead atoms. The molecule has 0 aromatic heterocycles. The number of rotatable bonds is 7. The maximum Gasteiger partial charge on any atom is 0.326 e. The second-order valence-electron chi connectivity index (χ2n) is 6.50. The molecule has 0 fully saturated rings. The van der Waals surface area contributed by atoms with E-state index < -0.39 is 12.1 Å². The molecule has 152 valence electrons. The fourth-order valence-electron chi connectivity index (χ4n) is 3.03. The molecular formula is C22H23NO6. The maximum absolute atomic E-state index is 12.5. The van der Waals surface area contributed by atoms with Crippen molar-refractivity contribution in [3.63, 3.8) is 0 Å². The largest absolute Gasteiger partial charge is 0.494 e. The summed E-state index contributed by atoms with van der Waals surface area (Å²) in [6, 6.07) is 13.6. The number of hydrogen-bond donors (Lipinski definition) is 0. The van der Waals surface area contributed by atoms with Crippen molar-refractivity contribution < 1.29 is 28.6 Å². The topological polar surface area (TPSA) is 82.1 Å². The van der Waals surface area contributed by atoms with E-state index in [1.807, 2.05) is 6.92 Å². The quantitative estimate of drug-likeness (QED) is 0.528. The molecule has 0 unspecified atom stereocenters. The van der Waals surface area contributed by atoms with Gasteiger partial charge in [-0.1, -0.05) is 12.1 Å². The molecule has 7 heteroatoms. The highest BCUT2D eigenvalue weighted by atomic mass is 16.5. The Morgan fingerprint density at radius 1 is 1.14 bits per heavy atom. The molecule has 1 aliphatic heterocycles. The number of Topliss-reactive ketones (excluding diaryl/α,β-unsaturated/α-hetero) is 1. The maximum atomic E-state index is 12.5. The third kappa shape index (κ3) is 4.93. The molecule has 0 spiro atoms. The van der Waals surface area contributed by atoms with Gasteiger partial charge in [-0.2, -0.15) is 0 Å². The van der Waals surface area contributed by atoms with Crippen LogP contribution < -0.4 is 14.4 Å². The smallest absolute Gasteiger partial charge is 0.326 e. The third-order valence-electron chi connectivity index (χ3n) is 4.45. The van der Waals surface area contributed by atoms with Gasteiger partial charge in [0, 0.05) is 5.56 Å². The van der Waals surface area contributed by atoms with Crippen molar-refractivity contribution in [2.45, 2.75) is 26.4 Å². The van der Waals surface area contributed by atoms with Gasteiger partial charge in [-0.3, -0.25) is 19.3 Å². The second kappa shape index (κ2) is 9.23. The van der Waals surface area contributed by atoms with Gasteiger partial charge in [-0.25, -0.2) is 0 Å². The fourth-order valence-corrected chi connectivity index (χ4v) is 3.03. The molecule has 29 heavy (non-hydrogen) atoms. The molecule has 1 heterocycles. The molecule has 0 saturated carbocycles. The molecule has 2 aromatic rings. The highest BCUT2D eigenvalue weighted by Gasteiger charge is 2.27. The van der Waals surface area contributed by atoms with Crippen LogP contribution in [0.5, 0.6) is 11.5 Å². The van der Waals surface area contributed by atoms with E-state index in [-0.39, 0.29) is 31.3 Å². The summed E-state index contributed by atoms with van der Waals surface area (Å²) in [6.07, 6.45) is -0.822. The van der Waals surface area contributed by atoms with Crippen molar-refractivity contribution in [3.05, 3.63) is 54.1 Å². The van der Waals surface area contributed by atoms with Crippen LogP contribution in [0.4, 0.5) is 5.69 Å². The average Bonchev–Trinajstić information content (AvgIpc) is 2.87. The van der Waals surface area contributed by atoms with Crippen molar-refractivity contribution in [1.29, 1.82) is 0 Å². The highest BCUT2D eigenvalue weighted by Crippen LogP contribution is 2.30. The van der Waals surface area contributed by atoms with Gasteiger partial charge >= 0.3 is 5.97 Å². The lowest BCUT2D eigenvalue weighted by molar-refractivity contribution is -0.145. The zero-order valence-electron chi connectivity index (χ0n) is 16.4. The lowest BCUT2D eigenvalue weighted by Crippen LogP contribution is -2.38. The molecule has 0 radical (unpaired) electrons. The molecule has 1 aliphatic rings. The number of para-hydroxylation sites is 2. The van der Waals surface area contributed by atoms with Crippen LogP contribution in [0.3, 0.4) is 0 Å². The van der Waals surface area contributed by atoms with Gasteiger partial charge < -0.3 is 14.2 Å². The first-order valence-corrected chi connectivity index (χ1v) is 9.48. The number of carbonyl (C=O) groups is 3. The standard InChI is InChI=1S/C22H23NO6/c1-3-27-17-10-8-16(9-11-17)22(26)15(2)29-21(25)14-23-18-6-4-5-7-19(18)28-13-12-20(23)24/h4-11,15H,3,12-14H2,1-2H3/t15-/m0/s1. The first kappa shape index (κ1) is 20.4. The zero-order chi connectivity index (χ0) is 20.8. The van der Waals surface area contributed by atoms with Gasteiger partial charge in [0.15, 0.2) is 6.10 Å². The number of ketones is 1. The minimum absolute atomic E-state index is 0.155. The Hall–Kier alpha value is -3.35. The third-order valence-corrected chi connectivity index (χ3v) is 4.45. The Morgan fingerprint density at radius 3 is 2.59 bits per heavy atom.